The summed E-state index contributed by atoms with van der Waals surface area (Å²) in [5, 5.41) is 4.50. The first-order valence-corrected chi connectivity index (χ1v) is 8.13. The Balaban J connectivity index is 1.69. The second-order valence-corrected chi connectivity index (χ2v) is 6.03. The van der Waals surface area contributed by atoms with Gasteiger partial charge in [0.15, 0.2) is 0 Å². The summed E-state index contributed by atoms with van der Waals surface area (Å²) < 4.78 is 7.07. The standard InChI is InChI=1S/C19H19ClN2O2/c1-22-17-8-4-7-16(20)15(17)12-18(22)19(23)21-10-9-13-5-3-6-14(11-13)24-2/h3-8,11-12H,9-10H2,1-2H3,(H,21,23). The third kappa shape index (κ3) is 3.24. The van der Waals surface area contributed by atoms with Crippen LogP contribution in [0.1, 0.15) is 16.1 Å². The van der Waals surface area contributed by atoms with Gasteiger partial charge in [-0.1, -0.05) is 29.8 Å². The first-order chi connectivity index (χ1) is 11.6. The van der Waals surface area contributed by atoms with Gasteiger partial charge in [0.25, 0.3) is 5.91 Å². The summed E-state index contributed by atoms with van der Waals surface area (Å²) in [6.07, 6.45) is 0.744. The van der Waals surface area contributed by atoms with Crippen LogP contribution in [0.3, 0.4) is 0 Å². The molecule has 0 atom stereocenters. The van der Waals surface area contributed by atoms with E-state index in [-0.39, 0.29) is 5.91 Å². The predicted octanol–water partition coefficient (Wildman–Crippen LogP) is 3.81. The summed E-state index contributed by atoms with van der Waals surface area (Å²) in [5.41, 5.74) is 2.67. The van der Waals surface area contributed by atoms with Gasteiger partial charge in [0.05, 0.1) is 7.11 Å². The SMILES string of the molecule is COc1cccc(CCNC(=O)c2cc3c(Cl)cccc3n2C)c1. The normalized spacial score (nSPS) is 10.8. The van der Waals surface area contributed by atoms with Crippen molar-refractivity contribution in [2.75, 3.05) is 13.7 Å². The minimum absolute atomic E-state index is 0.104. The number of hydrogen-bond acceptors (Lipinski definition) is 2. The second kappa shape index (κ2) is 6.97. The molecule has 1 aromatic heterocycles. The molecule has 1 amide bonds. The van der Waals surface area contributed by atoms with Gasteiger partial charge in [0.2, 0.25) is 0 Å². The van der Waals surface area contributed by atoms with Gasteiger partial charge in [-0.25, -0.2) is 0 Å². The van der Waals surface area contributed by atoms with E-state index < -0.39 is 0 Å². The number of fused-ring (bicyclic) bond motifs is 1. The van der Waals surface area contributed by atoms with Crippen molar-refractivity contribution in [2.45, 2.75) is 6.42 Å². The van der Waals surface area contributed by atoms with E-state index in [1.54, 1.807) is 7.11 Å². The molecule has 124 valence electrons. The number of halogens is 1. The van der Waals surface area contributed by atoms with Crippen LogP contribution in [0.25, 0.3) is 10.9 Å². The van der Waals surface area contributed by atoms with E-state index in [0.29, 0.717) is 17.3 Å². The van der Waals surface area contributed by atoms with Crippen molar-refractivity contribution in [1.29, 1.82) is 0 Å². The predicted molar refractivity (Wildman–Crippen MR) is 97.0 cm³/mol. The molecule has 1 heterocycles. The van der Waals surface area contributed by atoms with Crippen LogP contribution in [0.15, 0.2) is 48.5 Å². The molecule has 0 unspecified atom stereocenters. The number of hydrogen-bond donors (Lipinski definition) is 1. The van der Waals surface area contributed by atoms with Crippen molar-refractivity contribution in [2.24, 2.45) is 7.05 Å². The summed E-state index contributed by atoms with van der Waals surface area (Å²) in [4.78, 5) is 12.5. The molecule has 2 aromatic carbocycles. The molecule has 24 heavy (non-hydrogen) atoms. The Bertz CT molecular complexity index is 886. The zero-order valence-corrected chi connectivity index (χ0v) is 14.4. The van der Waals surface area contributed by atoms with E-state index in [2.05, 4.69) is 5.32 Å². The molecule has 3 aromatic rings. The highest BCUT2D eigenvalue weighted by Crippen LogP contribution is 2.26. The summed E-state index contributed by atoms with van der Waals surface area (Å²) >= 11 is 6.20. The maximum Gasteiger partial charge on any atom is 0.267 e. The fourth-order valence-electron chi connectivity index (χ4n) is 2.78. The smallest absolute Gasteiger partial charge is 0.267 e. The van der Waals surface area contributed by atoms with Crippen molar-refractivity contribution in [1.82, 2.24) is 9.88 Å². The van der Waals surface area contributed by atoms with Crippen molar-refractivity contribution >= 4 is 28.4 Å². The minimum Gasteiger partial charge on any atom is -0.497 e. The molecule has 0 spiro atoms. The molecular formula is C19H19ClN2O2. The van der Waals surface area contributed by atoms with Gasteiger partial charge in [-0.2, -0.15) is 0 Å². The van der Waals surface area contributed by atoms with Gasteiger partial charge in [0.1, 0.15) is 11.4 Å². The van der Waals surface area contributed by atoms with E-state index >= 15 is 0 Å². The molecule has 4 nitrogen and oxygen atoms in total. The Hall–Kier alpha value is -2.46. The summed E-state index contributed by atoms with van der Waals surface area (Å²) in [6.45, 7) is 0.557. The Morgan fingerprint density at radius 3 is 2.75 bits per heavy atom. The number of aryl methyl sites for hydroxylation is 1. The number of methoxy groups -OCH3 is 1. The molecular weight excluding hydrogens is 324 g/mol. The highest BCUT2D eigenvalue weighted by Gasteiger charge is 2.14. The Morgan fingerprint density at radius 1 is 1.21 bits per heavy atom. The third-order valence-corrected chi connectivity index (χ3v) is 4.43. The number of carbonyl (C=O) groups is 1. The van der Waals surface area contributed by atoms with Crippen molar-refractivity contribution < 1.29 is 9.53 Å². The van der Waals surface area contributed by atoms with Crippen molar-refractivity contribution in [3.63, 3.8) is 0 Å². The lowest BCUT2D eigenvalue weighted by atomic mass is 10.1. The number of benzene rings is 2. The van der Waals surface area contributed by atoms with E-state index in [1.807, 2.05) is 60.1 Å². The maximum atomic E-state index is 12.5. The van der Waals surface area contributed by atoms with Crippen LogP contribution in [0.5, 0.6) is 5.75 Å². The van der Waals surface area contributed by atoms with Crippen LogP contribution in [-0.2, 0) is 13.5 Å². The quantitative estimate of drug-likeness (QED) is 0.766. The van der Waals surface area contributed by atoms with E-state index in [0.717, 1.165) is 28.6 Å². The molecule has 0 saturated carbocycles. The molecule has 5 heteroatoms. The molecule has 3 rings (SSSR count). The topological polar surface area (TPSA) is 43.3 Å². The van der Waals surface area contributed by atoms with Crippen LogP contribution >= 0.6 is 11.6 Å². The number of nitrogens with zero attached hydrogens (tertiary/aromatic N) is 1. The van der Waals surface area contributed by atoms with Crippen LogP contribution in [0, 0.1) is 0 Å². The highest BCUT2D eigenvalue weighted by atomic mass is 35.5. The monoisotopic (exact) mass is 342 g/mol. The van der Waals surface area contributed by atoms with E-state index in [9.17, 15) is 4.79 Å². The zero-order valence-electron chi connectivity index (χ0n) is 13.7. The molecule has 0 aliphatic carbocycles. The fraction of sp³-hybridized carbons (Fsp3) is 0.211. The van der Waals surface area contributed by atoms with E-state index in [1.165, 1.54) is 0 Å². The summed E-state index contributed by atoms with van der Waals surface area (Å²) in [5.74, 6) is 0.717. The maximum absolute atomic E-state index is 12.5. The van der Waals surface area contributed by atoms with Gasteiger partial charge in [-0.05, 0) is 42.3 Å². The molecule has 0 fully saturated rings. The van der Waals surface area contributed by atoms with Crippen molar-refractivity contribution in [3.05, 3.63) is 64.8 Å². The van der Waals surface area contributed by atoms with Gasteiger partial charge < -0.3 is 14.6 Å². The largest absolute Gasteiger partial charge is 0.497 e. The lowest BCUT2D eigenvalue weighted by Gasteiger charge is -2.07. The number of rotatable bonds is 5. The van der Waals surface area contributed by atoms with Crippen LogP contribution in [0.4, 0.5) is 0 Å². The van der Waals surface area contributed by atoms with Crippen molar-refractivity contribution in [3.8, 4) is 5.75 Å². The molecule has 0 aliphatic rings. The fourth-order valence-corrected chi connectivity index (χ4v) is 3.01. The van der Waals surface area contributed by atoms with Crippen LogP contribution in [-0.4, -0.2) is 24.1 Å². The average molecular weight is 343 g/mol. The Morgan fingerprint density at radius 2 is 2.00 bits per heavy atom. The number of ether oxygens (including phenoxy) is 1. The van der Waals surface area contributed by atoms with Crippen LogP contribution < -0.4 is 10.1 Å². The van der Waals surface area contributed by atoms with Gasteiger partial charge >= 0.3 is 0 Å². The van der Waals surface area contributed by atoms with Gasteiger partial charge in [0, 0.05) is 29.5 Å². The Kier molecular flexibility index (Phi) is 4.76. The number of aromatic nitrogens is 1. The molecule has 0 radical (unpaired) electrons. The third-order valence-electron chi connectivity index (χ3n) is 4.10. The first-order valence-electron chi connectivity index (χ1n) is 7.75. The Labute approximate surface area is 146 Å². The number of nitrogens with one attached hydrogen (secondary N) is 1. The highest BCUT2D eigenvalue weighted by molar-refractivity contribution is 6.35. The van der Waals surface area contributed by atoms with E-state index in [4.69, 9.17) is 16.3 Å². The molecule has 0 aliphatic heterocycles. The summed E-state index contributed by atoms with van der Waals surface area (Å²) in [7, 11) is 3.52. The average Bonchev–Trinajstić information content (AvgIpc) is 2.94. The number of carbonyl (C=O) groups excluding carboxylic acids is 1. The van der Waals surface area contributed by atoms with Crippen LogP contribution in [0.2, 0.25) is 5.02 Å². The van der Waals surface area contributed by atoms with Gasteiger partial charge in [-0.15, -0.1) is 0 Å². The summed E-state index contributed by atoms with van der Waals surface area (Å²) in [6, 6.07) is 15.3. The van der Waals surface area contributed by atoms with Gasteiger partial charge in [-0.3, -0.25) is 4.79 Å². The lowest BCUT2D eigenvalue weighted by molar-refractivity contribution is 0.0946. The molecule has 0 saturated heterocycles. The molecule has 0 bridgehead atoms. The molecule has 1 N–H and O–H groups in total. The first kappa shape index (κ1) is 16.4. The second-order valence-electron chi connectivity index (χ2n) is 5.62. The minimum atomic E-state index is -0.104. The lowest BCUT2D eigenvalue weighted by Crippen LogP contribution is -2.27. The number of amides is 1. The zero-order chi connectivity index (χ0) is 17.1.